The van der Waals surface area contributed by atoms with Gasteiger partial charge in [0.25, 0.3) is 0 Å². The third kappa shape index (κ3) is 5.49. The number of para-hydroxylation sites is 6. The molecule has 13 rings (SSSR count). The Morgan fingerprint density at radius 2 is 0.531 bits per heavy atom. The number of rotatable bonds is 6. The summed E-state index contributed by atoms with van der Waals surface area (Å²) < 4.78 is 7.02. The van der Waals surface area contributed by atoms with E-state index in [2.05, 4.69) is 244 Å². The van der Waals surface area contributed by atoms with Crippen molar-refractivity contribution in [2.75, 3.05) is 0 Å². The van der Waals surface area contributed by atoms with E-state index < -0.39 is 0 Å². The van der Waals surface area contributed by atoms with Crippen LogP contribution in [0, 0.1) is 0 Å². The highest BCUT2D eigenvalue weighted by Gasteiger charge is 2.21. The highest BCUT2D eigenvalue weighted by molar-refractivity contribution is 6.13. The van der Waals surface area contributed by atoms with Crippen LogP contribution in [-0.4, -0.2) is 18.8 Å². The molecule has 3 heterocycles. The van der Waals surface area contributed by atoms with Crippen molar-refractivity contribution in [3.63, 3.8) is 0 Å². The zero-order chi connectivity index (χ0) is 42.3. The quantitative estimate of drug-likeness (QED) is 0.178. The fourth-order valence-electron chi connectivity index (χ4n) is 10.2. The van der Waals surface area contributed by atoms with Gasteiger partial charge in [0.1, 0.15) is 5.75 Å². The average molecular weight is 818 g/mol. The van der Waals surface area contributed by atoms with Crippen LogP contribution in [0.2, 0.25) is 0 Å². The number of hydrogen-bond acceptors (Lipinski definition) is 1. The SMILES string of the molecule is Oc1c(-c2ccc3c(c2)c2ccccc2n3-c2ccccc2)cc(-c2ccc3c(c2)c2ccccc2n3-c2ccccc2)cc1-c1ccc2c(c1)c1ccccc1n2-c1ccccc1. The number of benzene rings is 10. The van der Waals surface area contributed by atoms with E-state index in [4.69, 9.17) is 0 Å². The molecule has 10 aromatic carbocycles. The van der Waals surface area contributed by atoms with Crippen LogP contribution in [0.4, 0.5) is 0 Å². The maximum atomic E-state index is 12.7. The fraction of sp³-hybridized carbons (Fsp3) is 0. The predicted molar refractivity (Wildman–Crippen MR) is 267 cm³/mol. The lowest BCUT2D eigenvalue weighted by atomic mass is 9.90. The summed E-state index contributed by atoms with van der Waals surface area (Å²) in [6.45, 7) is 0. The molecule has 3 aromatic heterocycles. The average Bonchev–Trinajstić information content (AvgIpc) is 4.00. The number of phenolic OH excluding ortho intramolecular Hbond substituents is 1. The van der Waals surface area contributed by atoms with Gasteiger partial charge in [-0.3, -0.25) is 0 Å². The van der Waals surface area contributed by atoms with Gasteiger partial charge in [-0.1, -0.05) is 127 Å². The Morgan fingerprint density at radius 3 is 0.906 bits per heavy atom. The molecule has 0 amide bonds. The minimum absolute atomic E-state index is 0.253. The smallest absolute Gasteiger partial charge is 0.131 e. The molecule has 0 aliphatic carbocycles. The number of nitrogens with zero attached hydrogens (tertiary/aromatic N) is 3. The molecule has 4 nitrogen and oxygen atoms in total. The van der Waals surface area contributed by atoms with Gasteiger partial charge in [0.2, 0.25) is 0 Å². The van der Waals surface area contributed by atoms with Crippen LogP contribution < -0.4 is 0 Å². The van der Waals surface area contributed by atoms with Crippen molar-refractivity contribution >= 4 is 65.4 Å². The van der Waals surface area contributed by atoms with Crippen molar-refractivity contribution in [2.24, 2.45) is 0 Å². The lowest BCUT2D eigenvalue weighted by molar-refractivity contribution is 0.479. The normalized spacial score (nSPS) is 11.8. The van der Waals surface area contributed by atoms with Crippen LogP contribution in [0.1, 0.15) is 0 Å². The van der Waals surface area contributed by atoms with Gasteiger partial charge in [-0.15, -0.1) is 0 Å². The van der Waals surface area contributed by atoms with Gasteiger partial charge in [0.15, 0.2) is 0 Å². The number of hydrogen-bond donors (Lipinski definition) is 1. The molecule has 0 aliphatic heterocycles. The fourth-order valence-corrected chi connectivity index (χ4v) is 10.2. The van der Waals surface area contributed by atoms with Gasteiger partial charge in [-0.05, 0) is 125 Å². The van der Waals surface area contributed by atoms with E-state index in [1.54, 1.807) is 0 Å². The van der Waals surface area contributed by atoms with E-state index in [-0.39, 0.29) is 5.75 Å². The first-order chi connectivity index (χ1) is 31.7. The van der Waals surface area contributed by atoms with Gasteiger partial charge in [0.05, 0.1) is 33.1 Å². The Hall–Kier alpha value is -8.60. The van der Waals surface area contributed by atoms with Crippen molar-refractivity contribution < 1.29 is 5.11 Å². The largest absolute Gasteiger partial charge is 0.507 e. The van der Waals surface area contributed by atoms with Gasteiger partial charge in [-0.2, -0.15) is 0 Å². The third-order valence-electron chi connectivity index (χ3n) is 13.1. The Morgan fingerprint density at radius 1 is 0.234 bits per heavy atom. The van der Waals surface area contributed by atoms with Crippen molar-refractivity contribution in [2.45, 2.75) is 0 Å². The van der Waals surface area contributed by atoms with Gasteiger partial charge in [0, 0.05) is 60.5 Å². The van der Waals surface area contributed by atoms with Crippen LogP contribution in [0.5, 0.6) is 5.75 Å². The monoisotopic (exact) mass is 817 g/mol. The molecule has 0 fully saturated rings. The maximum absolute atomic E-state index is 12.7. The van der Waals surface area contributed by atoms with E-state index in [9.17, 15) is 5.11 Å². The van der Waals surface area contributed by atoms with E-state index in [0.29, 0.717) is 0 Å². The summed E-state index contributed by atoms with van der Waals surface area (Å²) in [5, 5.41) is 19.7. The van der Waals surface area contributed by atoms with Crippen LogP contribution in [0.25, 0.3) is 116 Å². The second kappa shape index (κ2) is 14.2. The Bertz CT molecular complexity index is 3770. The van der Waals surface area contributed by atoms with E-state index in [1.807, 2.05) is 0 Å². The number of aromatic nitrogens is 3. The molecule has 0 spiro atoms. The molecule has 0 saturated carbocycles. The lowest BCUT2D eigenvalue weighted by Crippen LogP contribution is -1.94. The summed E-state index contributed by atoms with van der Waals surface area (Å²) in [6, 6.07) is 81.9. The number of fused-ring (bicyclic) bond motifs is 9. The Kier molecular flexibility index (Phi) is 8.03. The molecule has 0 atom stereocenters. The minimum atomic E-state index is 0.253. The van der Waals surface area contributed by atoms with Crippen molar-refractivity contribution in [3.8, 4) is 56.2 Å². The highest BCUT2D eigenvalue weighted by atomic mass is 16.3. The third-order valence-corrected chi connectivity index (χ3v) is 13.1. The first kappa shape index (κ1) is 36.1. The highest BCUT2D eigenvalue weighted by Crippen LogP contribution is 2.46. The molecule has 0 bridgehead atoms. The molecule has 0 unspecified atom stereocenters. The molecule has 300 valence electrons. The molecule has 0 saturated heterocycles. The van der Waals surface area contributed by atoms with Gasteiger partial charge < -0.3 is 18.8 Å². The molecule has 64 heavy (non-hydrogen) atoms. The Labute approximate surface area is 369 Å². The minimum Gasteiger partial charge on any atom is -0.507 e. The number of aromatic hydroxyl groups is 1. The topological polar surface area (TPSA) is 35.0 Å². The standard InChI is InChI=1S/C60H39N3O/c64-60-49(40-29-32-58-52(35-40)47-23-11-14-26-55(47)62(58)44-18-6-2-7-19-44)37-42(39-28-31-57-51(34-39)46-22-10-13-25-54(46)61(57)43-16-4-1-5-17-43)38-50(60)41-30-33-59-53(36-41)48-24-12-15-27-56(48)63(59)45-20-8-3-9-21-45/h1-38,64H. The van der Waals surface area contributed by atoms with E-state index >= 15 is 0 Å². The second-order valence-corrected chi connectivity index (χ2v) is 16.7. The summed E-state index contributed by atoms with van der Waals surface area (Å²) >= 11 is 0. The summed E-state index contributed by atoms with van der Waals surface area (Å²) in [5.41, 5.74) is 15.8. The first-order valence-electron chi connectivity index (χ1n) is 21.8. The molecule has 4 heteroatoms. The molecule has 0 radical (unpaired) electrons. The molecular weight excluding hydrogens is 779 g/mol. The summed E-state index contributed by atoms with van der Waals surface area (Å²) in [6.07, 6.45) is 0. The lowest BCUT2D eigenvalue weighted by Gasteiger charge is -2.16. The first-order valence-corrected chi connectivity index (χ1v) is 21.8. The zero-order valence-corrected chi connectivity index (χ0v) is 34.7. The van der Waals surface area contributed by atoms with Crippen molar-refractivity contribution in [1.29, 1.82) is 0 Å². The molecule has 0 aliphatic rings. The van der Waals surface area contributed by atoms with Crippen molar-refractivity contribution in [1.82, 2.24) is 13.7 Å². The van der Waals surface area contributed by atoms with Crippen LogP contribution >= 0.6 is 0 Å². The Balaban J connectivity index is 1.06. The maximum Gasteiger partial charge on any atom is 0.131 e. The summed E-state index contributed by atoms with van der Waals surface area (Å²) in [5.74, 6) is 0.253. The van der Waals surface area contributed by atoms with E-state index in [1.165, 1.54) is 27.1 Å². The molecular formula is C60H39N3O. The second-order valence-electron chi connectivity index (χ2n) is 16.7. The summed E-state index contributed by atoms with van der Waals surface area (Å²) in [4.78, 5) is 0. The van der Waals surface area contributed by atoms with E-state index in [0.717, 1.165) is 88.8 Å². The van der Waals surface area contributed by atoms with Crippen LogP contribution in [0.3, 0.4) is 0 Å². The van der Waals surface area contributed by atoms with Crippen molar-refractivity contribution in [3.05, 3.63) is 231 Å². The zero-order valence-electron chi connectivity index (χ0n) is 34.7. The molecule has 1 N–H and O–H groups in total. The van der Waals surface area contributed by atoms with Crippen LogP contribution in [-0.2, 0) is 0 Å². The molecule has 13 aromatic rings. The van der Waals surface area contributed by atoms with Gasteiger partial charge >= 0.3 is 0 Å². The van der Waals surface area contributed by atoms with Crippen LogP contribution in [0.15, 0.2) is 231 Å². The van der Waals surface area contributed by atoms with Gasteiger partial charge in [-0.25, -0.2) is 0 Å². The number of phenols is 1. The predicted octanol–water partition coefficient (Wildman–Crippen LogP) is 15.7. The summed E-state index contributed by atoms with van der Waals surface area (Å²) in [7, 11) is 0.